The fourth-order valence-corrected chi connectivity index (χ4v) is 2.54. The van der Waals surface area contributed by atoms with Crippen LogP contribution >= 0.6 is 0 Å². The van der Waals surface area contributed by atoms with Gasteiger partial charge in [-0.25, -0.2) is 13.2 Å². The van der Waals surface area contributed by atoms with Crippen LogP contribution in [0.5, 0.6) is 0 Å². The van der Waals surface area contributed by atoms with E-state index in [9.17, 15) is 18.0 Å². The van der Waals surface area contributed by atoms with Crippen molar-refractivity contribution in [2.24, 2.45) is 0 Å². The van der Waals surface area contributed by atoms with Crippen LogP contribution in [0.1, 0.15) is 23.4 Å². The Morgan fingerprint density at radius 3 is 2.85 bits per heavy atom. The Kier molecular flexibility index (Phi) is 5.06. The number of benzene rings is 1. The summed E-state index contributed by atoms with van der Waals surface area (Å²) < 4.78 is 41.6. The monoisotopic (exact) mass is 363 g/mol. The summed E-state index contributed by atoms with van der Waals surface area (Å²) in [6, 6.07) is 7.35. The zero-order valence-electron chi connectivity index (χ0n) is 13.9. The van der Waals surface area contributed by atoms with Crippen LogP contribution < -0.4 is 5.32 Å². The standard InChI is InChI=1S/C17H16F3N5O/c1-11-5-15(17(19)20)25(23-11)10-16(26)22-14-7-21-24(9-14)8-12-3-2-4-13(18)6-12/h2-7,9,17H,8,10H2,1H3,(H,22,26). The predicted octanol–water partition coefficient (Wildman–Crippen LogP) is 3.15. The number of hydrogen-bond donors (Lipinski definition) is 1. The molecule has 0 aliphatic rings. The highest BCUT2D eigenvalue weighted by Crippen LogP contribution is 2.19. The van der Waals surface area contributed by atoms with Gasteiger partial charge >= 0.3 is 0 Å². The van der Waals surface area contributed by atoms with Crippen molar-refractivity contribution in [1.29, 1.82) is 0 Å². The lowest BCUT2D eigenvalue weighted by atomic mass is 10.2. The average Bonchev–Trinajstić information content (AvgIpc) is 3.13. The minimum atomic E-state index is -2.71. The van der Waals surface area contributed by atoms with E-state index in [1.165, 1.54) is 29.1 Å². The third-order valence-corrected chi connectivity index (χ3v) is 3.60. The zero-order valence-corrected chi connectivity index (χ0v) is 13.9. The number of carbonyl (C=O) groups excluding carboxylic acids is 1. The SMILES string of the molecule is Cc1cc(C(F)F)n(CC(=O)Nc2cnn(Cc3cccc(F)c3)c2)n1. The van der Waals surface area contributed by atoms with Crippen LogP contribution in [-0.4, -0.2) is 25.5 Å². The maximum absolute atomic E-state index is 13.2. The highest BCUT2D eigenvalue weighted by atomic mass is 19.3. The molecule has 0 atom stereocenters. The quantitative estimate of drug-likeness (QED) is 0.732. The first-order valence-electron chi connectivity index (χ1n) is 7.80. The second-order valence-corrected chi connectivity index (χ2v) is 5.77. The van der Waals surface area contributed by atoms with Gasteiger partial charge in [-0.05, 0) is 30.7 Å². The van der Waals surface area contributed by atoms with Crippen molar-refractivity contribution < 1.29 is 18.0 Å². The summed E-state index contributed by atoms with van der Waals surface area (Å²) in [5, 5.41) is 10.6. The van der Waals surface area contributed by atoms with E-state index in [0.717, 1.165) is 10.2 Å². The molecular formula is C17H16F3N5O. The van der Waals surface area contributed by atoms with Gasteiger partial charge in [-0.15, -0.1) is 0 Å². The summed E-state index contributed by atoms with van der Waals surface area (Å²) >= 11 is 0. The first kappa shape index (κ1) is 17.7. The molecule has 2 heterocycles. The molecule has 3 aromatic rings. The van der Waals surface area contributed by atoms with Gasteiger partial charge < -0.3 is 5.32 Å². The third kappa shape index (κ3) is 4.29. The molecule has 1 N–H and O–H groups in total. The number of anilines is 1. The Morgan fingerprint density at radius 1 is 1.31 bits per heavy atom. The Bertz CT molecular complexity index is 919. The van der Waals surface area contributed by atoms with Gasteiger partial charge in [0, 0.05) is 6.20 Å². The Morgan fingerprint density at radius 2 is 2.12 bits per heavy atom. The molecule has 26 heavy (non-hydrogen) atoms. The van der Waals surface area contributed by atoms with Crippen LogP contribution in [0.15, 0.2) is 42.7 Å². The van der Waals surface area contributed by atoms with E-state index in [0.29, 0.717) is 17.9 Å². The van der Waals surface area contributed by atoms with Gasteiger partial charge in [-0.3, -0.25) is 14.2 Å². The van der Waals surface area contributed by atoms with E-state index in [2.05, 4.69) is 15.5 Å². The molecule has 3 rings (SSSR count). The summed E-state index contributed by atoms with van der Waals surface area (Å²) in [6.45, 7) is 1.58. The van der Waals surface area contributed by atoms with Crippen LogP contribution in [0, 0.1) is 12.7 Å². The van der Waals surface area contributed by atoms with Crippen molar-refractivity contribution >= 4 is 11.6 Å². The normalized spacial score (nSPS) is 11.1. The molecule has 136 valence electrons. The lowest BCUT2D eigenvalue weighted by molar-refractivity contribution is -0.117. The number of aromatic nitrogens is 4. The van der Waals surface area contributed by atoms with Crippen LogP contribution in [-0.2, 0) is 17.9 Å². The van der Waals surface area contributed by atoms with Crippen molar-refractivity contribution in [2.45, 2.75) is 26.4 Å². The largest absolute Gasteiger partial charge is 0.322 e. The first-order chi connectivity index (χ1) is 12.4. The number of rotatable bonds is 6. The number of amides is 1. The first-order valence-corrected chi connectivity index (χ1v) is 7.80. The molecule has 2 aromatic heterocycles. The highest BCUT2D eigenvalue weighted by Gasteiger charge is 2.17. The molecule has 0 saturated carbocycles. The second kappa shape index (κ2) is 7.42. The van der Waals surface area contributed by atoms with Crippen molar-refractivity contribution in [3.63, 3.8) is 0 Å². The molecule has 0 unspecified atom stereocenters. The molecule has 0 spiro atoms. The predicted molar refractivity (Wildman–Crippen MR) is 88.3 cm³/mol. The molecule has 0 saturated heterocycles. The summed E-state index contributed by atoms with van der Waals surface area (Å²) in [6.07, 6.45) is 0.295. The minimum Gasteiger partial charge on any atom is -0.322 e. The van der Waals surface area contributed by atoms with Crippen molar-refractivity contribution in [1.82, 2.24) is 19.6 Å². The van der Waals surface area contributed by atoms with Gasteiger partial charge in [-0.2, -0.15) is 10.2 Å². The molecular weight excluding hydrogens is 347 g/mol. The maximum Gasteiger partial charge on any atom is 0.280 e. The van der Waals surface area contributed by atoms with Crippen molar-refractivity contribution in [3.8, 4) is 0 Å². The number of alkyl halides is 2. The molecule has 9 heteroatoms. The summed E-state index contributed by atoms with van der Waals surface area (Å²) in [5.41, 5.74) is 1.24. The number of nitrogens with one attached hydrogen (secondary N) is 1. The minimum absolute atomic E-state index is 0.306. The van der Waals surface area contributed by atoms with Crippen molar-refractivity contribution in [3.05, 3.63) is 65.5 Å². The second-order valence-electron chi connectivity index (χ2n) is 5.77. The number of aryl methyl sites for hydroxylation is 1. The van der Waals surface area contributed by atoms with E-state index >= 15 is 0 Å². The molecule has 1 aromatic carbocycles. The van der Waals surface area contributed by atoms with Gasteiger partial charge in [0.15, 0.2) is 0 Å². The Balaban J connectivity index is 1.63. The number of carbonyl (C=O) groups is 1. The smallest absolute Gasteiger partial charge is 0.280 e. The van der Waals surface area contributed by atoms with E-state index < -0.39 is 12.3 Å². The van der Waals surface area contributed by atoms with E-state index in [-0.39, 0.29) is 18.1 Å². The lowest BCUT2D eigenvalue weighted by Crippen LogP contribution is -2.21. The topological polar surface area (TPSA) is 64.7 Å². The molecule has 0 aliphatic carbocycles. The van der Waals surface area contributed by atoms with Crippen molar-refractivity contribution in [2.75, 3.05) is 5.32 Å². The number of nitrogens with zero attached hydrogens (tertiary/aromatic N) is 4. The maximum atomic E-state index is 13.2. The Hall–Kier alpha value is -3.10. The Labute approximate surface area is 147 Å². The van der Waals surface area contributed by atoms with Crippen LogP contribution in [0.3, 0.4) is 0 Å². The lowest BCUT2D eigenvalue weighted by Gasteiger charge is -2.06. The van der Waals surface area contributed by atoms with E-state index in [1.54, 1.807) is 25.3 Å². The molecule has 0 radical (unpaired) electrons. The molecule has 0 aliphatic heterocycles. The molecule has 6 nitrogen and oxygen atoms in total. The van der Waals surface area contributed by atoms with E-state index in [4.69, 9.17) is 0 Å². The number of hydrogen-bond acceptors (Lipinski definition) is 3. The van der Waals surface area contributed by atoms with Crippen LogP contribution in [0.25, 0.3) is 0 Å². The number of halogens is 3. The van der Waals surface area contributed by atoms with Gasteiger partial charge in [0.2, 0.25) is 5.91 Å². The highest BCUT2D eigenvalue weighted by molar-refractivity contribution is 5.90. The van der Waals surface area contributed by atoms with Gasteiger partial charge in [-0.1, -0.05) is 12.1 Å². The summed E-state index contributed by atoms with van der Waals surface area (Å²) in [7, 11) is 0. The van der Waals surface area contributed by atoms with Gasteiger partial charge in [0.25, 0.3) is 6.43 Å². The molecule has 1 amide bonds. The summed E-state index contributed by atoms with van der Waals surface area (Å²) in [5.74, 6) is -0.840. The molecule has 0 fully saturated rings. The van der Waals surface area contributed by atoms with E-state index in [1.807, 2.05) is 0 Å². The van der Waals surface area contributed by atoms with Gasteiger partial charge in [0.05, 0.1) is 24.1 Å². The fourth-order valence-electron chi connectivity index (χ4n) is 2.54. The zero-order chi connectivity index (χ0) is 18.7. The fraction of sp³-hybridized carbons (Fsp3) is 0.235. The third-order valence-electron chi connectivity index (χ3n) is 3.60. The summed E-state index contributed by atoms with van der Waals surface area (Å²) in [4.78, 5) is 12.1. The van der Waals surface area contributed by atoms with Gasteiger partial charge in [0.1, 0.15) is 18.1 Å². The average molecular weight is 363 g/mol. The molecule has 0 bridgehead atoms. The van der Waals surface area contributed by atoms with Crippen LogP contribution in [0.4, 0.5) is 18.9 Å². The van der Waals surface area contributed by atoms with Crippen LogP contribution in [0.2, 0.25) is 0 Å².